The maximum absolute atomic E-state index is 13.2. The molecule has 0 aliphatic carbocycles. The lowest BCUT2D eigenvalue weighted by atomic mass is 10.2. The summed E-state index contributed by atoms with van der Waals surface area (Å²) in [4.78, 5) is 34.3. The molecule has 3 rings (SSSR count). The van der Waals surface area contributed by atoms with Crippen molar-refractivity contribution < 1.29 is 14.3 Å². The first-order chi connectivity index (χ1) is 14.5. The van der Waals surface area contributed by atoms with Crippen LogP contribution in [0.1, 0.15) is 18.7 Å². The molecule has 0 unspecified atom stereocenters. The number of anilines is 1. The Morgan fingerprint density at radius 2 is 2.10 bits per heavy atom. The van der Waals surface area contributed by atoms with E-state index < -0.39 is 0 Å². The summed E-state index contributed by atoms with van der Waals surface area (Å²) in [6.07, 6.45) is 1.75. The molecule has 1 aliphatic rings. The number of hydrogen-bond donors (Lipinski definition) is 0. The third-order valence-electron chi connectivity index (χ3n) is 4.49. The van der Waals surface area contributed by atoms with E-state index in [1.807, 2.05) is 31.4 Å². The first-order valence-corrected chi connectivity index (χ1v) is 11.6. The molecule has 1 aromatic carbocycles. The molecule has 9 heteroatoms. The molecule has 1 aromatic heterocycles. The maximum Gasteiger partial charge on any atom is 0.283 e. The van der Waals surface area contributed by atoms with Crippen molar-refractivity contribution in [3.63, 3.8) is 0 Å². The van der Waals surface area contributed by atoms with Crippen molar-refractivity contribution in [2.24, 2.45) is 4.99 Å². The molecule has 0 N–H and O–H groups in total. The van der Waals surface area contributed by atoms with Gasteiger partial charge in [-0.1, -0.05) is 29.4 Å². The number of halogens is 1. The van der Waals surface area contributed by atoms with Crippen molar-refractivity contribution in [2.45, 2.75) is 13.8 Å². The number of benzene rings is 1. The lowest BCUT2D eigenvalue weighted by Gasteiger charge is -2.21. The van der Waals surface area contributed by atoms with Crippen molar-refractivity contribution in [3.8, 4) is 5.75 Å². The van der Waals surface area contributed by atoms with E-state index in [4.69, 9.17) is 16.3 Å². The number of ether oxygens (including phenoxy) is 1. The molecule has 0 atom stereocenters. The highest BCUT2D eigenvalue weighted by atomic mass is 35.5. The van der Waals surface area contributed by atoms with E-state index in [2.05, 4.69) is 4.99 Å². The van der Waals surface area contributed by atoms with Crippen LogP contribution >= 0.6 is 34.7 Å². The van der Waals surface area contributed by atoms with Gasteiger partial charge in [0, 0.05) is 18.0 Å². The molecule has 158 valence electrons. The molecule has 2 aromatic rings. The summed E-state index contributed by atoms with van der Waals surface area (Å²) < 4.78 is 5.21. The summed E-state index contributed by atoms with van der Waals surface area (Å²) in [6, 6.07) is 8.95. The highest BCUT2D eigenvalue weighted by Gasteiger charge is 2.33. The predicted molar refractivity (Wildman–Crippen MR) is 126 cm³/mol. The van der Waals surface area contributed by atoms with Crippen molar-refractivity contribution in [1.82, 2.24) is 4.90 Å². The van der Waals surface area contributed by atoms with E-state index in [0.717, 1.165) is 4.88 Å². The topological polar surface area (TPSA) is 62.2 Å². The van der Waals surface area contributed by atoms with E-state index in [9.17, 15) is 9.59 Å². The molecule has 0 fully saturated rings. The normalized spacial score (nSPS) is 14.9. The van der Waals surface area contributed by atoms with Crippen molar-refractivity contribution in [1.29, 1.82) is 0 Å². The Labute approximate surface area is 189 Å². The minimum atomic E-state index is -0.262. The average Bonchev–Trinajstić information content (AvgIpc) is 3.35. The number of carbonyl (C=O) groups is 2. The number of aliphatic imine (C=N–C) groups is 1. The zero-order valence-corrected chi connectivity index (χ0v) is 19.3. The fourth-order valence-corrected chi connectivity index (χ4v) is 4.74. The fourth-order valence-electron chi connectivity index (χ4n) is 2.92. The van der Waals surface area contributed by atoms with Gasteiger partial charge in [0.2, 0.25) is 5.91 Å². The van der Waals surface area contributed by atoms with Gasteiger partial charge in [-0.05, 0) is 49.6 Å². The number of nitrogens with zero attached hydrogens (tertiary/aromatic N) is 3. The number of thiophene rings is 1. The smallest absolute Gasteiger partial charge is 0.283 e. The van der Waals surface area contributed by atoms with Crippen LogP contribution in [0.15, 0.2) is 46.4 Å². The van der Waals surface area contributed by atoms with E-state index in [0.29, 0.717) is 40.4 Å². The number of thioether (sulfide) groups is 1. The molecule has 0 bridgehead atoms. The van der Waals surface area contributed by atoms with Crippen LogP contribution < -0.4 is 9.64 Å². The standard InChI is InChI=1S/C21H22ClN3O3S2/c1-4-24(5-2)19(26)13-30-21-23-17(12-15-7-6-10-29-15)20(27)25(21)14-8-9-18(28-3)16(22)11-14/h6-12H,4-5,13H2,1-3H3. The summed E-state index contributed by atoms with van der Waals surface area (Å²) in [5.41, 5.74) is 0.893. The van der Waals surface area contributed by atoms with Gasteiger partial charge in [-0.2, -0.15) is 0 Å². The molecule has 1 aliphatic heterocycles. The van der Waals surface area contributed by atoms with E-state index in [1.54, 1.807) is 29.2 Å². The molecular formula is C21H22ClN3O3S2. The second-order valence-corrected chi connectivity index (χ2v) is 8.58. The summed E-state index contributed by atoms with van der Waals surface area (Å²) in [7, 11) is 1.53. The van der Waals surface area contributed by atoms with E-state index in [-0.39, 0.29) is 17.6 Å². The minimum absolute atomic E-state index is 0.00329. The number of methoxy groups -OCH3 is 1. The van der Waals surface area contributed by atoms with Gasteiger partial charge in [0.05, 0.1) is 23.6 Å². The van der Waals surface area contributed by atoms with Crippen LogP contribution in [0.25, 0.3) is 6.08 Å². The number of amides is 2. The van der Waals surface area contributed by atoms with Gasteiger partial charge in [0.1, 0.15) is 11.4 Å². The van der Waals surface area contributed by atoms with Crippen LogP contribution in [0.2, 0.25) is 5.02 Å². The highest BCUT2D eigenvalue weighted by molar-refractivity contribution is 8.14. The van der Waals surface area contributed by atoms with Gasteiger partial charge in [0.15, 0.2) is 5.17 Å². The third kappa shape index (κ3) is 4.88. The maximum atomic E-state index is 13.2. The molecule has 2 heterocycles. The Hall–Kier alpha value is -2.29. The molecule has 0 saturated carbocycles. The zero-order chi connectivity index (χ0) is 21.7. The van der Waals surface area contributed by atoms with Gasteiger partial charge in [-0.3, -0.25) is 14.5 Å². The highest BCUT2D eigenvalue weighted by Crippen LogP contribution is 2.34. The molecule has 0 spiro atoms. The van der Waals surface area contributed by atoms with Crippen molar-refractivity contribution in [3.05, 3.63) is 51.3 Å². The SMILES string of the molecule is CCN(CC)C(=O)CSC1=NC(=Cc2cccs2)C(=O)N1c1ccc(OC)c(Cl)c1. The van der Waals surface area contributed by atoms with Crippen LogP contribution in [0.3, 0.4) is 0 Å². The number of carbonyl (C=O) groups excluding carboxylic acids is 2. The summed E-state index contributed by atoms with van der Waals surface area (Å²) in [5, 5.41) is 2.78. The van der Waals surface area contributed by atoms with Crippen LogP contribution in [-0.4, -0.2) is 47.8 Å². The Kier molecular flexibility index (Phi) is 7.58. The fraction of sp³-hybridized carbons (Fsp3) is 0.286. The van der Waals surface area contributed by atoms with Crippen LogP contribution in [0.4, 0.5) is 5.69 Å². The number of hydrogen-bond acceptors (Lipinski definition) is 6. The predicted octanol–water partition coefficient (Wildman–Crippen LogP) is 4.76. The lowest BCUT2D eigenvalue weighted by Crippen LogP contribution is -2.34. The summed E-state index contributed by atoms with van der Waals surface area (Å²) in [5.74, 6) is 0.454. The molecule has 0 radical (unpaired) electrons. The quantitative estimate of drug-likeness (QED) is 0.555. The molecular weight excluding hydrogens is 442 g/mol. The summed E-state index contributed by atoms with van der Waals surface area (Å²) in [6.45, 7) is 5.16. The first-order valence-electron chi connectivity index (χ1n) is 9.40. The first kappa shape index (κ1) is 22.4. The zero-order valence-electron chi connectivity index (χ0n) is 16.9. The van der Waals surface area contributed by atoms with E-state index >= 15 is 0 Å². The molecule has 2 amide bonds. The molecule has 6 nitrogen and oxygen atoms in total. The van der Waals surface area contributed by atoms with Crippen molar-refractivity contribution >= 4 is 63.4 Å². The average molecular weight is 464 g/mol. The van der Waals surface area contributed by atoms with Crippen LogP contribution in [0, 0.1) is 0 Å². The minimum Gasteiger partial charge on any atom is -0.495 e. The number of amidine groups is 1. The van der Waals surface area contributed by atoms with Crippen LogP contribution in [0.5, 0.6) is 5.75 Å². The Morgan fingerprint density at radius 1 is 1.33 bits per heavy atom. The van der Waals surface area contributed by atoms with Gasteiger partial charge in [-0.25, -0.2) is 4.99 Å². The second-order valence-electron chi connectivity index (χ2n) is 6.25. The van der Waals surface area contributed by atoms with Gasteiger partial charge in [-0.15, -0.1) is 11.3 Å². The Bertz CT molecular complexity index is 985. The molecule has 0 saturated heterocycles. The van der Waals surface area contributed by atoms with Crippen LogP contribution in [-0.2, 0) is 9.59 Å². The van der Waals surface area contributed by atoms with Gasteiger partial charge in [0.25, 0.3) is 5.91 Å². The van der Waals surface area contributed by atoms with Gasteiger partial charge < -0.3 is 9.64 Å². The second kappa shape index (κ2) is 10.1. The number of rotatable bonds is 7. The third-order valence-corrected chi connectivity index (χ3v) is 6.52. The van der Waals surface area contributed by atoms with E-state index in [1.165, 1.54) is 35.1 Å². The Balaban J connectivity index is 1.92. The largest absolute Gasteiger partial charge is 0.495 e. The van der Waals surface area contributed by atoms with Gasteiger partial charge >= 0.3 is 0 Å². The monoisotopic (exact) mass is 463 g/mol. The summed E-state index contributed by atoms with van der Waals surface area (Å²) >= 11 is 9.04. The van der Waals surface area contributed by atoms with Crippen molar-refractivity contribution in [2.75, 3.05) is 30.9 Å². The Morgan fingerprint density at radius 3 is 2.70 bits per heavy atom. The lowest BCUT2D eigenvalue weighted by molar-refractivity contribution is -0.128. The molecule has 30 heavy (non-hydrogen) atoms.